The second-order valence-electron chi connectivity index (χ2n) is 3.80. The van der Waals surface area contributed by atoms with Gasteiger partial charge in [0, 0.05) is 19.5 Å². The predicted molar refractivity (Wildman–Crippen MR) is 65.2 cm³/mol. The Kier molecular flexibility index (Phi) is 3.73. The van der Waals surface area contributed by atoms with Crippen molar-refractivity contribution in [2.24, 2.45) is 0 Å². The number of aromatic nitrogens is 3. The molecular weight excluding hydrogens is 242 g/mol. The molecule has 1 N–H and O–H groups in total. The molecule has 1 aromatic rings. The fourth-order valence-electron chi connectivity index (χ4n) is 1.64. The molecule has 1 aromatic heterocycles. The SMILES string of the molecule is CCCNc1nc(Cl)nc(N2CCCC2=O)n1. The summed E-state index contributed by atoms with van der Waals surface area (Å²) >= 11 is 5.81. The lowest BCUT2D eigenvalue weighted by molar-refractivity contribution is -0.117. The van der Waals surface area contributed by atoms with Gasteiger partial charge in [-0.25, -0.2) is 0 Å². The fraction of sp³-hybridized carbons (Fsp3) is 0.600. The van der Waals surface area contributed by atoms with Crippen LogP contribution in [0.1, 0.15) is 26.2 Å². The molecule has 0 aliphatic carbocycles. The van der Waals surface area contributed by atoms with E-state index in [2.05, 4.69) is 20.3 Å². The van der Waals surface area contributed by atoms with Gasteiger partial charge in [0.15, 0.2) is 0 Å². The van der Waals surface area contributed by atoms with Crippen LogP contribution in [-0.4, -0.2) is 33.9 Å². The van der Waals surface area contributed by atoms with Crippen molar-refractivity contribution < 1.29 is 4.79 Å². The third-order valence-electron chi connectivity index (χ3n) is 2.44. The zero-order valence-electron chi connectivity index (χ0n) is 9.61. The Balaban J connectivity index is 2.21. The molecule has 1 saturated heterocycles. The summed E-state index contributed by atoms with van der Waals surface area (Å²) in [5.74, 6) is 0.793. The van der Waals surface area contributed by atoms with Crippen molar-refractivity contribution in [1.82, 2.24) is 15.0 Å². The van der Waals surface area contributed by atoms with Crippen molar-refractivity contribution >= 4 is 29.4 Å². The number of carbonyl (C=O) groups excluding carboxylic acids is 1. The van der Waals surface area contributed by atoms with Crippen molar-refractivity contribution in [2.45, 2.75) is 26.2 Å². The van der Waals surface area contributed by atoms with E-state index in [0.717, 1.165) is 19.4 Å². The molecule has 0 unspecified atom stereocenters. The van der Waals surface area contributed by atoms with Gasteiger partial charge in [-0.05, 0) is 24.4 Å². The first kappa shape index (κ1) is 12.0. The maximum Gasteiger partial charge on any atom is 0.238 e. The van der Waals surface area contributed by atoms with Gasteiger partial charge in [-0.15, -0.1) is 0 Å². The van der Waals surface area contributed by atoms with Crippen molar-refractivity contribution in [3.8, 4) is 0 Å². The summed E-state index contributed by atoms with van der Waals surface area (Å²) in [7, 11) is 0. The topological polar surface area (TPSA) is 71.0 Å². The zero-order valence-corrected chi connectivity index (χ0v) is 10.4. The minimum atomic E-state index is 0.0358. The van der Waals surface area contributed by atoms with Crippen molar-refractivity contribution in [1.29, 1.82) is 0 Å². The monoisotopic (exact) mass is 255 g/mol. The Hall–Kier alpha value is -1.43. The molecule has 0 radical (unpaired) electrons. The summed E-state index contributed by atoms with van der Waals surface area (Å²) in [6.07, 6.45) is 2.34. The molecule has 0 spiro atoms. The van der Waals surface area contributed by atoms with Crippen LogP contribution >= 0.6 is 11.6 Å². The van der Waals surface area contributed by atoms with Gasteiger partial charge in [-0.1, -0.05) is 6.92 Å². The molecule has 17 heavy (non-hydrogen) atoms. The van der Waals surface area contributed by atoms with E-state index in [9.17, 15) is 4.79 Å². The van der Waals surface area contributed by atoms with Crippen LogP contribution in [0, 0.1) is 0 Å². The Labute approximate surface area is 104 Å². The van der Waals surface area contributed by atoms with Gasteiger partial charge in [-0.2, -0.15) is 15.0 Å². The Morgan fingerprint density at radius 3 is 2.88 bits per heavy atom. The molecular formula is C10H14ClN5O. The average Bonchev–Trinajstić information content (AvgIpc) is 2.72. The summed E-state index contributed by atoms with van der Waals surface area (Å²) in [5.41, 5.74) is 0. The third kappa shape index (κ3) is 2.82. The van der Waals surface area contributed by atoms with Gasteiger partial charge < -0.3 is 5.32 Å². The van der Waals surface area contributed by atoms with E-state index in [-0.39, 0.29) is 11.2 Å². The van der Waals surface area contributed by atoms with Gasteiger partial charge >= 0.3 is 0 Å². The van der Waals surface area contributed by atoms with Crippen LogP contribution < -0.4 is 10.2 Å². The Morgan fingerprint density at radius 1 is 1.41 bits per heavy atom. The third-order valence-corrected chi connectivity index (χ3v) is 2.61. The lowest BCUT2D eigenvalue weighted by Gasteiger charge is -2.14. The highest BCUT2D eigenvalue weighted by Crippen LogP contribution is 2.19. The first-order valence-electron chi connectivity index (χ1n) is 5.66. The van der Waals surface area contributed by atoms with Crippen molar-refractivity contribution in [3.05, 3.63) is 5.28 Å². The first-order chi connectivity index (χ1) is 8.20. The fourth-order valence-corrected chi connectivity index (χ4v) is 1.79. The average molecular weight is 256 g/mol. The van der Waals surface area contributed by atoms with Crippen LogP contribution in [0.4, 0.5) is 11.9 Å². The number of anilines is 2. The van der Waals surface area contributed by atoms with Gasteiger partial charge in [0.25, 0.3) is 0 Å². The molecule has 2 rings (SSSR count). The van der Waals surface area contributed by atoms with Crippen LogP contribution in [0.25, 0.3) is 0 Å². The summed E-state index contributed by atoms with van der Waals surface area (Å²) in [4.78, 5) is 25.3. The van der Waals surface area contributed by atoms with Crippen LogP contribution in [-0.2, 0) is 4.79 Å². The van der Waals surface area contributed by atoms with Crippen LogP contribution in [0.15, 0.2) is 0 Å². The quantitative estimate of drug-likeness (QED) is 0.882. The molecule has 0 aromatic carbocycles. The second kappa shape index (κ2) is 5.27. The molecule has 92 valence electrons. The Bertz CT molecular complexity index is 425. The van der Waals surface area contributed by atoms with E-state index >= 15 is 0 Å². The first-order valence-corrected chi connectivity index (χ1v) is 6.04. The van der Waals surface area contributed by atoms with Crippen LogP contribution in [0.3, 0.4) is 0 Å². The summed E-state index contributed by atoms with van der Waals surface area (Å²) in [6.45, 7) is 3.45. The highest BCUT2D eigenvalue weighted by molar-refractivity contribution is 6.28. The molecule has 6 nitrogen and oxygen atoms in total. The smallest absolute Gasteiger partial charge is 0.238 e. The van der Waals surface area contributed by atoms with Crippen LogP contribution in [0.2, 0.25) is 5.28 Å². The van der Waals surface area contributed by atoms with Gasteiger partial charge in [0.05, 0.1) is 0 Å². The number of rotatable bonds is 4. The normalized spacial score (nSPS) is 15.4. The maximum atomic E-state index is 11.6. The molecule has 1 aliphatic rings. The minimum absolute atomic E-state index is 0.0358. The van der Waals surface area contributed by atoms with E-state index in [0.29, 0.717) is 24.9 Å². The van der Waals surface area contributed by atoms with Crippen molar-refractivity contribution in [3.63, 3.8) is 0 Å². The molecule has 1 amide bonds. The van der Waals surface area contributed by atoms with Gasteiger partial charge in [0.2, 0.25) is 23.1 Å². The number of halogens is 1. The van der Waals surface area contributed by atoms with E-state index in [1.54, 1.807) is 4.90 Å². The van der Waals surface area contributed by atoms with E-state index in [4.69, 9.17) is 11.6 Å². The van der Waals surface area contributed by atoms with Gasteiger partial charge in [-0.3, -0.25) is 9.69 Å². The highest BCUT2D eigenvalue weighted by atomic mass is 35.5. The highest BCUT2D eigenvalue weighted by Gasteiger charge is 2.24. The number of carbonyl (C=O) groups is 1. The molecule has 0 atom stereocenters. The largest absolute Gasteiger partial charge is 0.354 e. The van der Waals surface area contributed by atoms with Crippen LogP contribution in [0.5, 0.6) is 0 Å². The number of hydrogen-bond acceptors (Lipinski definition) is 5. The lowest BCUT2D eigenvalue weighted by Crippen LogP contribution is -2.26. The van der Waals surface area contributed by atoms with Gasteiger partial charge in [0.1, 0.15) is 0 Å². The number of nitrogens with zero attached hydrogens (tertiary/aromatic N) is 4. The Morgan fingerprint density at radius 2 is 2.24 bits per heavy atom. The molecule has 1 aliphatic heterocycles. The minimum Gasteiger partial charge on any atom is -0.354 e. The molecule has 7 heteroatoms. The van der Waals surface area contributed by atoms with E-state index in [1.165, 1.54) is 0 Å². The number of hydrogen-bond donors (Lipinski definition) is 1. The number of nitrogens with one attached hydrogen (secondary N) is 1. The van der Waals surface area contributed by atoms with E-state index < -0.39 is 0 Å². The summed E-state index contributed by atoms with van der Waals surface area (Å²) in [5, 5.41) is 3.13. The summed E-state index contributed by atoms with van der Waals surface area (Å²) in [6, 6.07) is 0. The standard InChI is InChI=1S/C10H14ClN5O/c1-2-5-12-9-13-8(11)14-10(15-9)16-6-3-4-7(16)17/h2-6H2,1H3,(H,12,13,14,15). The summed E-state index contributed by atoms with van der Waals surface area (Å²) < 4.78 is 0. The van der Waals surface area contributed by atoms with Crippen molar-refractivity contribution in [2.75, 3.05) is 23.3 Å². The molecule has 1 fully saturated rings. The predicted octanol–water partition coefficient (Wildman–Crippen LogP) is 1.47. The zero-order chi connectivity index (χ0) is 12.3. The molecule has 0 saturated carbocycles. The molecule has 2 heterocycles. The number of amides is 1. The second-order valence-corrected chi connectivity index (χ2v) is 4.14. The van der Waals surface area contributed by atoms with E-state index in [1.807, 2.05) is 6.92 Å². The maximum absolute atomic E-state index is 11.6. The molecule has 0 bridgehead atoms. The lowest BCUT2D eigenvalue weighted by atomic mass is 10.4.